The second-order valence-electron chi connectivity index (χ2n) is 4.60. The smallest absolute Gasteiger partial charge is 0.409 e. The highest BCUT2D eigenvalue weighted by Crippen LogP contribution is 2.13. The Hall–Kier alpha value is -2.09. The molecule has 1 aromatic heterocycles. The molecule has 4 N–H and O–H groups in total. The Morgan fingerprint density at radius 3 is 2.65 bits per heavy atom. The molecule has 110 valence electrons. The third-order valence-electron chi connectivity index (χ3n) is 3.21. The molecule has 1 saturated heterocycles. The fraction of sp³-hybridized carbons (Fsp3) is 0.583. The van der Waals surface area contributed by atoms with E-state index < -0.39 is 0 Å². The maximum atomic E-state index is 11.6. The van der Waals surface area contributed by atoms with Crippen LogP contribution in [0.1, 0.15) is 12.5 Å². The molecule has 0 unspecified atom stereocenters. The Labute approximate surface area is 117 Å². The van der Waals surface area contributed by atoms with Gasteiger partial charge in [0.2, 0.25) is 5.95 Å². The Kier molecular flexibility index (Phi) is 4.57. The number of aromatic nitrogens is 2. The molecule has 1 aliphatic heterocycles. The molecule has 1 fully saturated rings. The van der Waals surface area contributed by atoms with Crippen LogP contribution in [0.2, 0.25) is 0 Å². The zero-order valence-corrected chi connectivity index (χ0v) is 11.6. The van der Waals surface area contributed by atoms with Gasteiger partial charge in [0.25, 0.3) is 0 Å². The monoisotopic (exact) mass is 280 g/mol. The number of nitrogens with two attached hydrogens (primary N) is 2. The highest BCUT2D eigenvalue weighted by Gasteiger charge is 2.22. The molecular formula is C12H20N6O2. The van der Waals surface area contributed by atoms with Gasteiger partial charge in [-0.15, -0.1) is 0 Å². The Bertz CT molecular complexity index is 473. The maximum absolute atomic E-state index is 11.6. The number of amides is 1. The first-order valence-corrected chi connectivity index (χ1v) is 6.61. The molecule has 1 aromatic rings. The minimum absolute atomic E-state index is 0.179. The van der Waals surface area contributed by atoms with E-state index in [1.54, 1.807) is 18.0 Å². The highest BCUT2D eigenvalue weighted by atomic mass is 16.6. The van der Waals surface area contributed by atoms with Crippen molar-refractivity contribution in [2.45, 2.75) is 13.5 Å². The standard InChI is InChI=1S/C12H20N6O2/c1-2-20-12(19)18-5-3-17(4-6-18)8-9-7-15-11(14)16-10(9)13/h7H,2-6,8H2,1H3,(H4,13,14,15,16). The number of hydrogen-bond acceptors (Lipinski definition) is 7. The van der Waals surface area contributed by atoms with E-state index in [2.05, 4.69) is 14.9 Å². The van der Waals surface area contributed by atoms with Crippen molar-refractivity contribution >= 4 is 17.9 Å². The summed E-state index contributed by atoms with van der Waals surface area (Å²) in [4.78, 5) is 23.4. The Balaban J connectivity index is 1.86. The van der Waals surface area contributed by atoms with E-state index in [1.807, 2.05) is 0 Å². The molecule has 8 nitrogen and oxygen atoms in total. The van der Waals surface area contributed by atoms with Gasteiger partial charge in [-0.2, -0.15) is 4.98 Å². The normalized spacial score (nSPS) is 16.1. The van der Waals surface area contributed by atoms with Crippen molar-refractivity contribution in [1.82, 2.24) is 19.8 Å². The number of anilines is 2. The molecular weight excluding hydrogens is 260 g/mol. The van der Waals surface area contributed by atoms with Crippen LogP contribution in [0.15, 0.2) is 6.20 Å². The summed E-state index contributed by atoms with van der Waals surface area (Å²) >= 11 is 0. The fourth-order valence-corrected chi connectivity index (χ4v) is 2.10. The topological polar surface area (TPSA) is 111 Å². The van der Waals surface area contributed by atoms with E-state index in [-0.39, 0.29) is 12.0 Å². The summed E-state index contributed by atoms with van der Waals surface area (Å²) in [5, 5.41) is 0. The minimum Gasteiger partial charge on any atom is -0.450 e. The average molecular weight is 280 g/mol. The summed E-state index contributed by atoms with van der Waals surface area (Å²) in [6, 6.07) is 0. The molecule has 0 bridgehead atoms. The molecule has 1 amide bonds. The molecule has 1 aliphatic rings. The van der Waals surface area contributed by atoms with E-state index in [4.69, 9.17) is 16.2 Å². The molecule has 0 aromatic carbocycles. The number of ether oxygens (including phenoxy) is 1. The second kappa shape index (κ2) is 6.38. The van der Waals surface area contributed by atoms with Crippen LogP contribution in [0.25, 0.3) is 0 Å². The van der Waals surface area contributed by atoms with Crippen LogP contribution in [0.4, 0.5) is 16.6 Å². The van der Waals surface area contributed by atoms with Crippen molar-refractivity contribution in [3.05, 3.63) is 11.8 Å². The predicted molar refractivity (Wildman–Crippen MR) is 74.7 cm³/mol. The zero-order chi connectivity index (χ0) is 14.5. The maximum Gasteiger partial charge on any atom is 0.409 e. The van der Waals surface area contributed by atoms with Crippen LogP contribution in [-0.4, -0.2) is 58.6 Å². The van der Waals surface area contributed by atoms with Gasteiger partial charge < -0.3 is 21.1 Å². The lowest BCUT2D eigenvalue weighted by molar-refractivity contribution is 0.0778. The number of carbonyl (C=O) groups excluding carboxylic acids is 1. The quantitative estimate of drug-likeness (QED) is 0.796. The zero-order valence-electron chi connectivity index (χ0n) is 11.6. The van der Waals surface area contributed by atoms with Crippen molar-refractivity contribution in [1.29, 1.82) is 0 Å². The predicted octanol–water partition coefficient (Wildman–Crippen LogP) is -0.0849. The highest BCUT2D eigenvalue weighted by molar-refractivity contribution is 5.67. The second-order valence-corrected chi connectivity index (χ2v) is 4.60. The minimum atomic E-state index is -0.248. The van der Waals surface area contributed by atoms with E-state index in [9.17, 15) is 4.79 Å². The van der Waals surface area contributed by atoms with Gasteiger partial charge in [-0.1, -0.05) is 0 Å². The molecule has 0 saturated carbocycles. The molecule has 0 spiro atoms. The van der Waals surface area contributed by atoms with Gasteiger partial charge in [0, 0.05) is 44.5 Å². The van der Waals surface area contributed by atoms with Gasteiger partial charge in [0.05, 0.1) is 6.61 Å². The molecule has 20 heavy (non-hydrogen) atoms. The third-order valence-corrected chi connectivity index (χ3v) is 3.21. The van der Waals surface area contributed by atoms with Crippen LogP contribution < -0.4 is 11.5 Å². The number of nitrogens with zero attached hydrogens (tertiary/aromatic N) is 4. The number of rotatable bonds is 3. The van der Waals surface area contributed by atoms with E-state index in [1.165, 1.54) is 0 Å². The van der Waals surface area contributed by atoms with Crippen LogP contribution in [-0.2, 0) is 11.3 Å². The van der Waals surface area contributed by atoms with Gasteiger partial charge in [-0.05, 0) is 6.92 Å². The van der Waals surface area contributed by atoms with Crippen molar-refractivity contribution in [3.8, 4) is 0 Å². The van der Waals surface area contributed by atoms with Gasteiger partial charge in [-0.25, -0.2) is 9.78 Å². The van der Waals surface area contributed by atoms with Crippen LogP contribution in [0.5, 0.6) is 0 Å². The largest absolute Gasteiger partial charge is 0.450 e. The molecule has 2 rings (SSSR count). The van der Waals surface area contributed by atoms with Gasteiger partial charge >= 0.3 is 6.09 Å². The summed E-state index contributed by atoms with van der Waals surface area (Å²) < 4.78 is 4.98. The van der Waals surface area contributed by atoms with Gasteiger partial charge in [0.1, 0.15) is 5.82 Å². The average Bonchev–Trinajstić information content (AvgIpc) is 2.43. The van der Waals surface area contributed by atoms with E-state index in [0.29, 0.717) is 32.1 Å². The van der Waals surface area contributed by atoms with Crippen LogP contribution >= 0.6 is 0 Å². The van der Waals surface area contributed by atoms with Crippen molar-refractivity contribution in [2.75, 3.05) is 44.3 Å². The number of piperazine rings is 1. The molecule has 0 aliphatic carbocycles. The Morgan fingerprint density at radius 2 is 2.05 bits per heavy atom. The SMILES string of the molecule is CCOC(=O)N1CCN(Cc2cnc(N)nc2N)CC1. The lowest BCUT2D eigenvalue weighted by Gasteiger charge is -2.34. The Morgan fingerprint density at radius 1 is 1.35 bits per heavy atom. The van der Waals surface area contributed by atoms with E-state index in [0.717, 1.165) is 18.7 Å². The molecule has 2 heterocycles. The first-order valence-electron chi connectivity index (χ1n) is 6.61. The number of hydrogen-bond donors (Lipinski definition) is 2. The summed E-state index contributed by atoms with van der Waals surface area (Å²) in [5.74, 6) is 0.587. The molecule has 0 radical (unpaired) electrons. The third kappa shape index (κ3) is 3.47. The first-order chi connectivity index (χ1) is 9.60. The summed E-state index contributed by atoms with van der Waals surface area (Å²) in [6.07, 6.45) is 1.40. The fourth-order valence-electron chi connectivity index (χ4n) is 2.10. The van der Waals surface area contributed by atoms with Crippen molar-refractivity contribution in [2.24, 2.45) is 0 Å². The molecule has 0 atom stereocenters. The number of nitrogen functional groups attached to an aromatic ring is 2. The molecule has 8 heteroatoms. The number of carbonyl (C=O) groups is 1. The van der Waals surface area contributed by atoms with Gasteiger partial charge in [-0.3, -0.25) is 4.90 Å². The summed E-state index contributed by atoms with van der Waals surface area (Å²) in [6.45, 7) is 5.69. The lowest BCUT2D eigenvalue weighted by Crippen LogP contribution is -2.48. The van der Waals surface area contributed by atoms with Gasteiger partial charge in [0.15, 0.2) is 0 Å². The lowest BCUT2D eigenvalue weighted by atomic mass is 10.2. The first kappa shape index (κ1) is 14.3. The van der Waals surface area contributed by atoms with Crippen LogP contribution in [0, 0.1) is 0 Å². The summed E-state index contributed by atoms with van der Waals surface area (Å²) in [5.41, 5.74) is 12.1. The van der Waals surface area contributed by atoms with Crippen molar-refractivity contribution in [3.63, 3.8) is 0 Å². The van der Waals surface area contributed by atoms with Crippen molar-refractivity contribution < 1.29 is 9.53 Å². The van der Waals surface area contributed by atoms with E-state index >= 15 is 0 Å². The summed E-state index contributed by atoms with van der Waals surface area (Å²) in [7, 11) is 0. The van der Waals surface area contributed by atoms with Crippen LogP contribution in [0.3, 0.4) is 0 Å².